The quantitative estimate of drug-likeness (QED) is 0.815. The Bertz CT molecular complexity index is 567. The molecule has 2 aliphatic rings. The topological polar surface area (TPSA) is 58.2 Å². The fourth-order valence-electron chi connectivity index (χ4n) is 2.67. The van der Waals surface area contributed by atoms with Crippen LogP contribution < -0.4 is 10.6 Å². The standard InChI is InChI=1S/C14H14F2N2O2.ClH/c15-10-3-7(8-5-17-6-8)4-11(16)13(10)9-1-2-12(19)18-14(9)20;/h3-4,8-9,17H,1-2,5-6H2,(H,18,19,20);1H. The minimum atomic E-state index is -0.929. The number of carbonyl (C=O) groups is 2. The van der Waals surface area contributed by atoms with Crippen molar-refractivity contribution in [3.8, 4) is 0 Å². The van der Waals surface area contributed by atoms with E-state index in [2.05, 4.69) is 10.6 Å². The summed E-state index contributed by atoms with van der Waals surface area (Å²) in [5.74, 6) is -3.25. The van der Waals surface area contributed by atoms with Gasteiger partial charge in [0, 0.05) is 31.0 Å². The Hall–Kier alpha value is -1.53. The van der Waals surface area contributed by atoms with Crippen LogP contribution in [0.5, 0.6) is 0 Å². The predicted molar refractivity (Wildman–Crippen MR) is 74.3 cm³/mol. The molecule has 2 aliphatic heterocycles. The van der Waals surface area contributed by atoms with Crippen molar-refractivity contribution in [2.24, 2.45) is 0 Å². The molecule has 2 amide bonds. The third kappa shape index (κ3) is 2.91. The first kappa shape index (κ1) is 15.9. The maximum absolute atomic E-state index is 14.2. The Morgan fingerprint density at radius 1 is 1.10 bits per heavy atom. The summed E-state index contributed by atoms with van der Waals surface area (Å²) in [4.78, 5) is 22.8. The van der Waals surface area contributed by atoms with Gasteiger partial charge < -0.3 is 5.32 Å². The van der Waals surface area contributed by atoms with Gasteiger partial charge in [-0.25, -0.2) is 8.78 Å². The molecule has 114 valence electrons. The van der Waals surface area contributed by atoms with Gasteiger partial charge in [0.2, 0.25) is 11.8 Å². The molecule has 1 aromatic carbocycles. The number of hydrogen-bond donors (Lipinski definition) is 2. The number of imide groups is 1. The van der Waals surface area contributed by atoms with Crippen LogP contribution in [-0.2, 0) is 9.59 Å². The van der Waals surface area contributed by atoms with E-state index >= 15 is 0 Å². The number of nitrogens with one attached hydrogen (secondary N) is 2. The van der Waals surface area contributed by atoms with E-state index < -0.39 is 29.4 Å². The normalized spacial score (nSPS) is 22.3. The van der Waals surface area contributed by atoms with Crippen molar-refractivity contribution in [3.05, 3.63) is 34.9 Å². The summed E-state index contributed by atoms with van der Waals surface area (Å²) in [7, 11) is 0. The van der Waals surface area contributed by atoms with Crippen molar-refractivity contribution >= 4 is 24.2 Å². The molecule has 4 nitrogen and oxygen atoms in total. The van der Waals surface area contributed by atoms with Gasteiger partial charge in [-0.15, -0.1) is 12.4 Å². The average molecular weight is 317 g/mol. The van der Waals surface area contributed by atoms with Gasteiger partial charge in [0.05, 0.1) is 5.92 Å². The fourth-order valence-corrected chi connectivity index (χ4v) is 2.67. The van der Waals surface area contributed by atoms with E-state index in [9.17, 15) is 18.4 Å². The predicted octanol–water partition coefficient (Wildman–Crippen LogP) is 1.59. The summed E-state index contributed by atoms with van der Waals surface area (Å²) in [6, 6.07) is 2.60. The largest absolute Gasteiger partial charge is 0.315 e. The van der Waals surface area contributed by atoms with Crippen LogP contribution in [0.1, 0.15) is 35.8 Å². The number of piperidine rings is 1. The molecule has 0 aromatic heterocycles. The van der Waals surface area contributed by atoms with E-state index in [1.807, 2.05) is 0 Å². The second-order valence-corrected chi connectivity index (χ2v) is 5.26. The van der Waals surface area contributed by atoms with Gasteiger partial charge in [-0.2, -0.15) is 0 Å². The summed E-state index contributed by atoms with van der Waals surface area (Å²) in [6.07, 6.45) is 0.242. The summed E-state index contributed by atoms with van der Waals surface area (Å²) in [6.45, 7) is 1.41. The summed E-state index contributed by atoms with van der Waals surface area (Å²) in [5.41, 5.74) is 0.376. The van der Waals surface area contributed by atoms with Crippen molar-refractivity contribution in [1.29, 1.82) is 0 Å². The van der Waals surface area contributed by atoms with Crippen LogP contribution in [0.2, 0.25) is 0 Å². The fraction of sp³-hybridized carbons (Fsp3) is 0.429. The third-order valence-corrected chi connectivity index (χ3v) is 3.94. The van der Waals surface area contributed by atoms with Gasteiger partial charge in [-0.3, -0.25) is 14.9 Å². The minimum Gasteiger partial charge on any atom is -0.315 e. The third-order valence-electron chi connectivity index (χ3n) is 3.94. The van der Waals surface area contributed by atoms with Crippen LogP contribution in [0.3, 0.4) is 0 Å². The van der Waals surface area contributed by atoms with Crippen molar-refractivity contribution in [3.63, 3.8) is 0 Å². The average Bonchev–Trinajstić information content (AvgIpc) is 2.28. The zero-order valence-corrected chi connectivity index (χ0v) is 11.9. The van der Waals surface area contributed by atoms with Gasteiger partial charge in [-0.1, -0.05) is 0 Å². The van der Waals surface area contributed by atoms with Gasteiger partial charge in [0.1, 0.15) is 11.6 Å². The molecule has 0 spiro atoms. The van der Waals surface area contributed by atoms with Crippen molar-refractivity contribution in [1.82, 2.24) is 10.6 Å². The van der Waals surface area contributed by atoms with E-state index in [4.69, 9.17) is 0 Å². The molecule has 0 saturated carbocycles. The monoisotopic (exact) mass is 316 g/mol. The maximum Gasteiger partial charge on any atom is 0.234 e. The molecule has 21 heavy (non-hydrogen) atoms. The second-order valence-electron chi connectivity index (χ2n) is 5.26. The van der Waals surface area contributed by atoms with Crippen molar-refractivity contribution < 1.29 is 18.4 Å². The zero-order chi connectivity index (χ0) is 14.3. The summed E-state index contributed by atoms with van der Waals surface area (Å²) >= 11 is 0. The smallest absolute Gasteiger partial charge is 0.234 e. The Morgan fingerprint density at radius 3 is 2.19 bits per heavy atom. The van der Waals surface area contributed by atoms with E-state index in [-0.39, 0.29) is 36.7 Å². The number of benzene rings is 1. The van der Waals surface area contributed by atoms with Crippen LogP contribution in [0.15, 0.2) is 12.1 Å². The molecule has 2 N–H and O–H groups in total. The molecule has 3 rings (SSSR count). The van der Waals surface area contributed by atoms with Gasteiger partial charge >= 0.3 is 0 Å². The molecule has 7 heteroatoms. The molecule has 1 unspecified atom stereocenters. The highest BCUT2D eigenvalue weighted by Crippen LogP contribution is 2.32. The van der Waals surface area contributed by atoms with Crippen molar-refractivity contribution in [2.75, 3.05) is 13.1 Å². The van der Waals surface area contributed by atoms with Gasteiger partial charge in [0.15, 0.2) is 0 Å². The highest BCUT2D eigenvalue weighted by atomic mass is 35.5. The number of hydrogen-bond acceptors (Lipinski definition) is 3. The van der Waals surface area contributed by atoms with Crippen molar-refractivity contribution in [2.45, 2.75) is 24.7 Å². The lowest BCUT2D eigenvalue weighted by Gasteiger charge is -2.28. The number of halogens is 3. The molecule has 1 atom stereocenters. The second kappa shape index (κ2) is 6.07. The number of amides is 2. The Balaban J connectivity index is 0.00000161. The molecule has 0 aliphatic carbocycles. The molecule has 2 heterocycles. The van der Waals surface area contributed by atoms with Crippen LogP contribution in [-0.4, -0.2) is 24.9 Å². The van der Waals surface area contributed by atoms with Gasteiger partial charge in [-0.05, 0) is 24.1 Å². The number of carbonyl (C=O) groups excluding carboxylic acids is 2. The molecule has 2 fully saturated rings. The lowest BCUT2D eigenvalue weighted by molar-refractivity contribution is -0.134. The highest BCUT2D eigenvalue weighted by molar-refractivity contribution is 6.00. The van der Waals surface area contributed by atoms with Crippen LogP contribution in [0.25, 0.3) is 0 Å². The summed E-state index contributed by atoms with van der Waals surface area (Å²) in [5, 5.41) is 5.16. The summed E-state index contributed by atoms with van der Waals surface area (Å²) < 4.78 is 28.3. The van der Waals surface area contributed by atoms with Crippen LogP contribution in [0.4, 0.5) is 8.78 Å². The highest BCUT2D eigenvalue weighted by Gasteiger charge is 2.33. The first-order chi connectivity index (χ1) is 9.56. The Labute approximate surface area is 126 Å². The van der Waals surface area contributed by atoms with E-state index in [0.717, 1.165) is 0 Å². The van der Waals surface area contributed by atoms with E-state index in [1.54, 1.807) is 0 Å². The molecular formula is C14H15ClF2N2O2. The van der Waals surface area contributed by atoms with Gasteiger partial charge in [0.25, 0.3) is 0 Å². The van der Waals surface area contributed by atoms with E-state index in [1.165, 1.54) is 12.1 Å². The zero-order valence-electron chi connectivity index (χ0n) is 11.1. The molecule has 0 radical (unpaired) electrons. The molecule has 1 aromatic rings. The lowest BCUT2D eigenvalue weighted by atomic mass is 9.86. The van der Waals surface area contributed by atoms with Crippen LogP contribution in [0, 0.1) is 11.6 Å². The Kier molecular flexibility index (Phi) is 4.58. The SMILES string of the molecule is Cl.O=C1CCC(c2c(F)cc(C3CNC3)cc2F)C(=O)N1. The maximum atomic E-state index is 14.2. The van der Waals surface area contributed by atoms with Crippen LogP contribution >= 0.6 is 12.4 Å². The molecule has 2 saturated heterocycles. The van der Waals surface area contributed by atoms with E-state index in [0.29, 0.717) is 18.7 Å². The molecular weight excluding hydrogens is 302 g/mol. The first-order valence-electron chi connectivity index (χ1n) is 6.59. The minimum absolute atomic E-state index is 0. The molecule has 0 bridgehead atoms. The lowest BCUT2D eigenvalue weighted by Crippen LogP contribution is -2.41. The first-order valence-corrected chi connectivity index (χ1v) is 6.59. The Morgan fingerprint density at radius 2 is 1.71 bits per heavy atom. The number of rotatable bonds is 2.